The Bertz CT molecular complexity index is 548. The number of nitrogens with two attached hydrogens (primary N) is 1. The second kappa shape index (κ2) is 5.17. The number of aryl methyl sites for hydroxylation is 2. The van der Waals surface area contributed by atoms with Gasteiger partial charge in [-0.1, -0.05) is 18.2 Å². The van der Waals surface area contributed by atoms with Crippen molar-refractivity contribution >= 4 is 15.9 Å². The van der Waals surface area contributed by atoms with Gasteiger partial charge in [0, 0.05) is 12.6 Å². The van der Waals surface area contributed by atoms with Gasteiger partial charge in [-0.25, -0.2) is 9.82 Å². The van der Waals surface area contributed by atoms with E-state index in [0.29, 0.717) is 11.1 Å². The van der Waals surface area contributed by atoms with Gasteiger partial charge in [0.2, 0.25) is 0 Å². The molecule has 4 nitrogen and oxygen atoms in total. The summed E-state index contributed by atoms with van der Waals surface area (Å²) in [6.07, 6.45) is 1.66. The van der Waals surface area contributed by atoms with Crippen LogP contribution in [0.25, 0.3) is 0 Å². The van der Waals surface area contributed by atoms with Gasteiger partial charge < -0.3 is 0 Å². The topological polar surface area (TPSA) is 55.9 Å². The minimum Gasteiger partial charge on any atom is -0.271 e. The summed E-state index contributed by atoms with van der Waals surface area (Å²) >= 11 is 3.40. The van der Waals surface area contributed by atoms with Gasteiger partial charge in [-0.15, -0.1) is 0 Å². The SMILES string of the molecule is Cc1cccc(C(NN)c2c(Br)cnn2C)c1F. The first kappa shape index (κ1) is 13.2. The normalized spacial score (nSPS) is 12.7. The molecule has 0 aliphatic heterocycles. The van der Waals surface area contributed by atoms with Crippen LogP contribution in [0.4, 0.5) is 4.39 Å². The number of hydrogen-bond donors (Lipinski definition) is 2. The molecule has 1 aromatic carbocycles. The van der Waals surface area contributed by atoms with Gasteiger partial charge in [0.05, 0.1) is 22.4 Å². The lowest BCUT2D eigenvalue weighted by molar-refractivity contribution is 0.528. The van der Waals surface area contributed by atoms with E-state index in [9.17, 15) is 4.39 Å². The van der Waals surface area contributed by atoms with Crippen LogP contribution >= 0.6 is 15.9 Å². The molecule has 1 atom stereocenters. The quantitative estimate of drug-likeness (QED) is 0.674. The second-order valence-electron chi connectivity index (χ2n) is 4.08. The predicted molar refractivity (Wildman–Crippen MR) is 71.2 cm³/mol. The summed E-state index contributed by atoms with van der Waals surface area (Å²) in [4.78, 5) is 0. The number of hydrazine groups is 1. The molecule has 0 saturated heterocycles. The van der Waals surface area contributed by atoms with E-state index in [-0.39, 0.29) is 5.82 Å². The summed E-state index contributed by atoms with van der Waals surface area (Å²) in [5, 5.41) is 4.11. The van der Waals surface area contributed by atoms with Crippen LogP contribution in [0.1, 0.15) is 22.9 Å². The molecule has 2 rings (SSSR count). The van der Waals surface area contributed by atoms with Crippen molar-refractivity contribution in [3.8, 4) is 0 Å². The van der Waals surface area contributed by atoms with Crippen LogP contribution in [0.15, 0.2) is 28.9 Å². The number of rotatable bonds is 3. The zero-order valence-corrected chi connectivity index (χ0v) is 11.7. The van der Waals surface area contributed by atoms with Crippen molar-refractivity contribution in [3.63, 3.8) is 0 Å². The average molecular weight is 313 g/mol. The van der Waals surface area contributed by atoms with E-state index in [4.69, 9.17) is 5.84 Å². The fraction of sp³-hybridized carbons (Fsp3) is 0.250. The molecule has 0 radical (unpaired) electrons. The first-order chi connectivity index (χ1) is 8.56. The molecule has 1 heterocycles. The zero-order chi connectivity index (χ0) is 13.3. The molecule has 0 spiro atoms. The van der Waals surface area contributed by atoms with Gasteiger partial charge in [-0.3, -0.25) is 10.5 Å². The number of nitrogens with one attached hydrogen (secondary N) is 1. The highest BCUT2D eigenvalue weighted by Gasteiger charge is 2.22. The van der Waals surface area contributed by atoms with Crippen LogP contribution in [0, 0.1) is 12.7 Å². The lowest BCUT2D eigenvalue weighted by Gasteiger charge is -2.19. The zero-order valence-electron chi connectivity index (χ0n) is 10.1. The molecule has 2 aromatic rings. The van der Waals surface area contributed by atoms with E-state index in [2.05, 4.69) is 26.5 Å². The fourth-order valence-electron chi connectivity index (χ4n) is 1.95. The molecule has 96 valence electrons. The number of aromatic nitrogens is 2. The van der Waals surface area contributed by atoms with Crippen LogP contribution in [0.3, 0.4) is 0 Å². The van der Waals surface area contributed by atoms with Crippen molar-refractivity contribution in [2.45, 2.75) is 13.0 Å². The Hall–Kier alpha value is -1.24. The van der Waals surface area contributed by atoms with Gasteiger partial charge >= 0.3 is 0 Å². The molecule has 0 aliphatic carbocycles. The predicted octanol–water partition coefficient (Wildman–Crippen LogP) is 2.18. The summed E-state index contributed by atoms with van der Waals surface area (Å²) in [6, 6.07) is 4.80. The Morgan fingerprint density at radius 1 is 1.50 bits per heavy atom. The van der Waals surface area contributed by atoms with Crippen LogP contribution in [-0.4, -0.2) is 9.78 Å². The second-order valence-corrected chi connectivity index (χ2v) is 4.93. The minimum absolute atomic E-state index is 0.256. The molecule has 3 N–H and O–H groups in total. The first-order valence-corrected chi connectivity index (χ1v) is 6.24. The number of benzene rings is 1. The third-order valence-electron chi connectivity index (χ3n) is 2.91. The summed E-state index contributed by atoms with van der Waals surface area (Å²) in [7, 11) is 1.79. The first-order valence-electron chi connectivity index (χ1n) is 5.44. The third-order valence-corrected chi connectivity index (χ3v) is 3.52. The van der Waals surface area contributed by atoms with Crippen molar-refractivity contribution < 1.29 is 4.39 Å². The van der Waals surface area contributed by atoms with Gasteiger partial charge in [0.15, 0.2) is 0 Å². The van der Waals surface area contributed by atoms with Crippen LogP contribution in [-0.2, 0) is 7.05 Å². The molecule has 0 fully saturated rings. The molecular weight excluding hydrogens is 299 g/mol. The van der Waals surface area contributed by atoms with Gasteiger partial charge in [-0.2, -0.15) is 5.10 Å². The Balaban J connectivity index is 2.56. The highest BCUT2D eigenvalue weighted by Crippen LogP contribution is 2.29. The van der Waals surface area contributed by atoms with E-state index < -0.39 is 6.04 Å². The Labute approximate surface area is 113 Å². The molecule has 0 saturated carbocycles. The third kappa shape index (κ3) is 2.19. The molecule has 6 heteroatoms. The van der Waals surface area contributed by atoms with Gasteiger partial charge in [0.1, 0.15) is 5.82 Å². The molecule has 18 heavy (non-hydrogen) atoms. The van der Waals surface area contributed by atoms with Crippen LogP contribution in [0.5, 0.6) is 0 Å². The smallest absolute Gasteiger partial charge is 0.131 e. The number of halogens is 2. The van der Waals surface area contributed by atoms with E-state index in [1.54, 1.807) is 37.0 Å². The minimum atomic E-state index is -0.452. The van der Waals surface area contributed by atoms with Gasteiger partial charge in [-0.05, 0) is 28.4 Å². The summed E-state index contributed by atoms with van der Waals surface area (Å²) in [5.74, 6) is 5.32. The monoisotopic (exact) mass is 312 g/mol. The summed E-state index contributed by atoms with van der Waals surface area (Å²) < 4.78 is 16.6. The van der Waals surface area contributed by atoms with E-state index in [0.717, 1.165) is 10.2 Å². The molecule has 0 amide bonds. The highest BCUT2D eigenvalue weighted by molar-refractivity contribution is 9.10. The molecule has 1 aromatic heterocycles. The molecule has 0 aliphatic rings. The number of hydrogen-bond acceptors (Lipinski definition) is 3. The van der Waals surface area contributed by atoms with Crippen molar-refractivity contribution in [1.29, 1.82) is 0 Å². The van der Waals surface area contributed by atoms with Crippen LogP contribution in [0.2, 0.25) is 0 Å². The molecular formula is C12H14BrFN4. The molecule has 0 bridgehead atoms. The molecule has 1 unspecified atom stereocenters. The van der Waals surface area contributed by atoms with Crippen molar-refractivity contribution in [1.82, 2.24) is 15.2 Å². The highest BCUT2D eigenvalue weighted by atomic mass is 79.9. The van der Waals surface area contributed by atoms with Crippen molar-refractivity contribution in [3.05, 3.63) is 51.5 Å². The van der Waals surface area contributed by atoms with E-state index in [1.807, 2.05) is 6.07 Å². The number of nitrogens with zero attached hydrogens (tertiary/aromatic N) is 2. The lowest BCUT2D eigenvalue weighted by atomic mass is 10.0. The lowest BCUT2D eigenvalue weighted by Crippen LogP contribution is -2.31. The average Bonchev–Trinajstić information content (AvgIpc) is 2.67. The van der Waals surface area contributed by atoms with Crippen molar-refractivity contribution in [2.75, 3.05) is 0 Å². The maximum absolute atomic E-state index is 14.2. The Morgan fingerprint density at radius 2 is 2.22 bits per heavy atom. The van der Waals surface area contributed by atoms with E-state index in [1.165, 1.54) is 0 Å². The summed E-state index contributed by atoms with van der Waals surface area (Å²) in [5.41, 5.74) is 4.51. The summed E-state index contributed by atoms with van der Waals surface area (Å²) in [6.45, 7) is 1.73. The van der Waals surface area contributed by atoms with Gasteiger partial charge in [0.25, 0.3) is 0 Å². The Kier molecular flexibility index (Phi) is 3.79. The maximum atomic E-state index is 14.2. The van der Waals surface area contributed by atoms with Crippen molar-refractivity contribution in [2.24, 2.45) is 12.9 Å². The fourth-order valence-corrected chi connectivity index (χ4v) is 2.53. The Morgan fingerprint density at radius 3 is 2.78 bits per heavy atom. The maximum Gasteiger partial charge on any atom is 0.131 e. The largest absolute Gasteiger partial charge is 0.271 e. The standard InChI is InChI=1S/C12H14BrFN4/c1-7-4-3-5-8(10(7)14)11(17-15)12-9(13)6-16-18(12)2/h3-6,11,17H,15H2,1-2H3. The van der Waals surface area contributed by atoms with E-state index >= 15 is 0 Å². The van der Waals surface area contributed by atoms with Crippen LogP contribution < -0.4 is 11.3 Å².